The van der Waals surface area contributed by atoms with Crippen molar-refractivity contribution in [1.82, 2.24) is 4.90 Å². The van der Waals surface area contributed by atoms with Crippen LogP contribution in [0.25, 0.3) is 0 Å². The summed E-state index contributed by atoms with van der Waals surface area (Å²) >= 11 is 0. The first-order valence-electron chi connectivity index (χ1n) is 16.3. The number of unbranched alkanes of at least 4 members (excludes halogenated alkanes) is 2. The Morgan fingerprint density at radius 2 is 1.65 bits per heavy atom. The molecule has 2 aliphatic heterocycles. The monoisotopic (exact) mass is 607 g/mol. The minimum Gasteiger partial charge on any atom is -0.384 e. The number of nitrogens with zero attached hydrogens (tertiary/aromatic N) is 2. The number of sulfonamides is 1. The second-order valence-electron chi connectivity index (χ2n) is 13.0. The number of piperidine rings is 1. The predicted octanol–water partition coefficient (Wildman–Crippen LogP) is 6.15. The van der Waals surface area contributed by atoms with Gasteiger partial charge in [-0.2, -0.15) is 0 Å². The van der Waals surface area contributed by atoms with Crippen LogP contribution in [0.15, 0.2) is 42.5 Å². The normalized spacial score (nSPS) is 23.6. The number of rotatable bonds is 11. The lowest BCUT2D eigenvalue weighted by Gasteiger charge is -2.39. The number of nitrogen functional groups attached to an aromatic ring is 1. The van der Waals surface area contributed by atoms with E-state index in [1.54, 1.807) is 6.07 Å². The average Bonchev–Trinajstić information content (AvgIpc) is 2.99. The maximum absolute atomic E-state index is 14.1. The van der Waals surface area contributed by atoms with Crippen molar-refractivity contribution in [3.8, 4) is 0 Å². The molecule has 0 spiro atoms. The zero-order valence-corrected chi connectivity index (χ0v) is 26.7. The maximum atomic E-state index is 14.1. The first kappa shape index (κ1) is 31.5. The van der Waals surface area contributed by atoms with Crippen molar-refractivity contribution in [3.05, 3.63) is 59.2 Å². The lowest BCUT2D eigenvalue weighted by Crippen LogP contribution is -2.44. The minimum absolute atomic E-state index is 0.0127. The lowest BCUT2D eigenvalue weighted by molar-refractivity contribution is -0.120. The molecule has 234 valence electrons. The molecule has 3 atom stereocenters. The third kappa shape index (κ3) is 7.43. The molecule has 8 nitrogen and oxygen atoms in total. The predicted molar refractivity (Wildman–Crippen MR) is 175 cm³/mol. The lowest BCUT2D eigenvalue weighted by atomic mass is 9.85. The number of anilines is 2. The van der Waals surface area contributed by atoms with E-state index in [-0.39, 0.29) is 22.9 Å². The number of nitrogens with one attached hydrogen (secondary N) is 2. The number of amidine groups is 1. The summed E-state index contributed by atoms with van der Waals surface area (Å²) in [4.78, 5) is 18.6. The highest BCUT2D eigenvalue weighted by molar-refractivity contribution is 7.93. The summed E-state index contributed by atoms with van der Waals surface area (Å²) in [5.74, 6) is -0.389. The molecule has 4 N–H and O–H groups in total. The van der Waals surface area contributed by atoms with Gasteiger partial charge in [-0.05, 0) is 94.7 Å². The summed E-state index contributed by atoms with van der Waals surface area (Å²) in [5, 5.41) is 7.51. The molecule has 2 heterocycles. The molecule has 9 heteroatoms. The average molecular weight is 608 g/mol. The molecular formula is C34H49N5O3S. The van der Waals surface area contributed by atoms with Gasteiger partial charge in [0.1, 0.15) is 5.84 Å². The number of carbonyl (C=O) groups excluding carboxylic acids is 1. The zero-order chi connectivity index (χ0) is 30.6. The molecule has 43 heavy (non-hydrogen) atoms. The van der Waals surface area contributed by atoms with Crippen molar-refractivity contribution in [2.24, 2.45) is 5.73 Å². The van der Waals surface area contributed by atoms with E-state index < -0.39 is 10.0 Å². The van der Waals surface area contributed by atoms with E-state index in [1.807, 2.05) is 41.3 Å². The number of nitrogens with two attached hydrogens (primary N) is 1. The maximum Gasteiger partial charge on any atom is 0.235 e. The van der Waals surface area contributed by atoms with E-state index in [0.29, 0.717) is 49.1 Å². The Balaban J connectivity index is 1.34. The van der Waals surface area contributed by atoms with Crippen LogP contribution in [-0.4, -0.2) is 55.5 Å². The van der Waals surface area contributed by atoms with Crippen molar-refractivity contribution in [1.29, 1.82) is 5.41 Å². The van der Waals surface area contributed by atoms with Crippen LogP contribution in [0.1, 0.15) is 107 Å². The molecule has 0 radical (unpaired) electrons. The molecule has 1 saturated carbocycles. The van der Waals surface area contributed by atoms with Crippen LogP contribution in [0.2, 0.25) is 0 Å². The molecule has 1 amide bonds. The highest BCUT2D eigenvalue weighted by Crippen LogP contribution is 2.38. The number of fused-ring (bicyclic) bond motifs is 1. The van der Waals surface area contributed by atoms with E-state index in [1.165, 1.54) is 19.3 Å². The Kier molecular flexibility index (Phi) is 10.1. The summed E-state index contributed by atoms with van der Waals surface area (Å²) in [6, 6.07) is 14.3. The number of benzene rings is 2. The van der Waals surface area contributed by atoms with E-state index in [4.69, 9.17) is 11.1 Å². The molecule has 1 unspecified atom stereocenters. The van der Waals surface area contributed by atoms with Crippen molar-refractivity contribution in [2.45, 2.75) is 114 Å². The Morgan fingerprint density at radius 1 is 0.930 bits per heavy atom. The van der Waals surface area contributed by atoms with Gasteiger partial charge < -0.3 is 10.6 Å². The summed E-state index contributed by atoms with van der Waals surface area (Å²) in [5.41, 5.74) is 9.56. The SMILES string of the molecule is C[C@@H]1CCC[C@H](C)N1CCCCCN1C(=O)C(c2cccc(C(=N)N)c2)Cc2ccc(NS(=O)(=O)C3CCCCC3)cc21. The van der Waals surface area contributed by atoms with Gasteiger partial charge in [-0.3, -0.25) is 19.8 Å². The second-order valence-corrected chi connectivity index (χ2v) is 14.9. The van der Waals surface area contributed by atoms with Gasteiger partial charge >= 0.3 is 0 Å². The van der Waals surface area contributed by atoms with Crippen molar-refractivity contribution < 1.29 is 13.2 Å². The summed E-state index contributed by atoms with van der Waals surface area (Å²) < 4.78 is 29.2. The first-order valence-corrected chi connectivity index (χ1v) is 17.8. The van der Waals surface area contributed by atoms with Crippen molar-refractivity contribution in [2.75, 3.05) is 22.7 Å². The molecule has 0 bridgehead atoms. The molecule has 2 aromatic carbocycles. The third-order valence-corrected chi connectivity index (χ3v) is 11.8. The number of carbonyl (C=O) groups is 1. The zero-order valence-electron chi connectivity index (χ0n) is 25.9. The fourth-order valence-corrected chi connectivity index (χ4v) is 8.94. The van der Waals surface area contributed by atoms with Gasteiger partial charge in [0.15, 0.2) is 0 Å². The minimum atomic E-state index is -3.49. The molecule has 5 rings (SSSR count). The quantitative estimate of drug-likeness (QED) is 0.161. The van der Waals surface area contributed by atoms with Gasteiger partial charge in [0, 0.05) is 29.9 Å². The molecule has 3 aliphatic rings. The molecular weight excluding hydrogens is 558 g/mol. The molecule has 1 aliphatic carbocycles. The molecule has 2 aromatic rings. The van der Waals surface area contributed by atoms with Crippen LogP contribution >= 0.6 is 0 Å². The largest absolute Gasteiger partial charge is 0.384 e. The summed E-state index contributed by atoms with van der Waals surface area (Å²) in [6.07, 6.45) is 11.7. The molecule has 0 aromatic heterocycles. The fourth-order valence-electron chi connectivity index (χ4n) is 7.36. The second kappa shape index (κ2) is 13.8. The van der Waals surface area contributed by atoms with Gasteiger partial charge in [-0.1, -0.05) is 56.4 Å². The molecule has 2 fully saturated rings. The van der Waals surface area contributed by atoms with Gasteiger partial charge in [-0.15, -0.1) is 0 Å². The van der Waals surface area contributed by atoms with Gasteiger partial charge in [0.2, 0.25) is 15.9 Å². The standard InChI is InChI=1S/C34H49N5O3S/c1-24-11-9-12-25(2)38(24)19-7-4-8-20-39-32-23-29(37-43(41,42)30-15-5-3-6-16-30)18-17-27(32)22-31(34(39)40)26-13-10-14-28(21-26)33(35)36/h10,13-14,17-18,21,23-25,30-31,37H,3-9,11-12,15-16,19-20,22H2,1-2H3,(H3,35,36)/t24-,25+,31?. The Hall–Kier alpha value is -2.91. The van der Waals surface area contributed by atoms with Crippen molar-refractivity contribution in [3.63, 3.8) is 0 Å². The van der Waals surface area contributed by atoms with Crippen molar-refractivity contribution >= 4 is 33.1 Å². The van der Waals surface area contributed by atoms with E-state index >= 15 is 0 Å². The fraction of sp³-hybridized carbons (Fsp3) is 0.588. The van der Waals surface area contributed by atoms with Gasteiger partial charge in [-0.25, -0.2) is 8.42 Å². The number of amides is 1. The number of hydrogen-bond acceptors (Lipinski definition) is 5. The van der Waals surface area contributed by atoms with Crippen LogP contribution in [0.4, 0.5) is 11.4 Å². The highest BCUT2D eigenvalue weighted by atomic mass is 32.2. The van der Waals surface area contributed by atoms with E-state index in [0.717, 1.165) is 61.9 Å². The third-order valence-electron chi connectivity index (χ3n) is 9.89. The number of likely N-dealkylation sites (tertiary alicyclic amines) is 1. The van der Waals surface area contributed by atoms with Crippen LogP contribution in [0, 0.1) is 5.41 Å². The van der Waals surface area contributed by atoms with E-state index in [2.05, 4.69) is 23.5 Å². The Labute approximate surface area is 258 Å². The topological polar surface area (TPSA) is 120 Å². The molecule has 1 saturated heterocycles. The van der Waals surface area contributed by atoms with Crippen LogP contribution < -0.4 is 15.4 Å². The van der Waals surface area contributed by atoms with Gasteiger partial charge in [0.05, 0.1) is 16.9 Å². The van der Waals surface area contributed by atoms with Crippen LogP contribution in [-0.2, 0) is 21.2 Å². The highest BCUT2D eigenvalue weighted by Gasteiger charge is 2.35. The number of hydrogen-bond donors (Lipinski definition) is 3. The summed E-state index contributed by atoms with van der Waals surface area (Å²) in [6.45, 7) is 6.33. The van der Waals surface area contributed by atoms with Crippen LogP contribution in [0.3, 0.4) is 0 Å². The Morgan fingerprint density at radius 3 is 2.37 bits per heavy atom. The Bertz CT molecular complexity index is 1390. The van der Waals surface area contributed by atoms with Crippen LogP contribution in [0.5, 0.6) is 0 Å². The van der Waals surface area contributed by atoms with Gasteiger partial charge in [0.25, 0.3) is 0 Å². The summed E-state index contributed by atoms with van der Waals surface area (Å²) in [7, 11) is -3.49. The smallest absolute Gasteiger partial charge is 0.235 e. The first-order chi connectivity index (χ1) is 20.6. The van der Waals surface area contributed by atoms with E-state index in [9.17, 15) is 13.2 Å².